The number of nitrogens with two attached hydrogens (primary N) is 1. The number of hydrogen-bond acceptors (Lipinski definition) is 2. The molecule has 0 atom stereocenters. The Hall–Kier alpha value is -0.640. The first-order valence-electron chi connectivity index (χ1n) is 6.67. The van der Waals surface area contributed by atoms with Gasteiger partial charge in [-0.1, -0.05) is 38.4 Å². The minimum absolute atomic E-state index is 0.165. The SMILES string of the molecule is CCCCN(CC)C(=O)C1(C(N)=S)CCCC1. The summed E-state index contributed by atoms with van der Waals surface area (Å²) < 4.78 is 0. The lowest BCUT2D eigenvalue weighted by atomic mass is 9.84. The van der Waals surface area contributed by atoms with Gasteiger partial charge in [0, 0.05) is 13.1 Å². The summed E-state index contributed by atoms with van der Waals surface area (Å²) in [6, 6.07) is 0. The molecule has 0 bridgehead atoms. The highest BCUT2D eigenvalue weighted by molar-refractivity contribution is 7.80. The fourth-order valence-electron chi connectivity index (χ4n) is 2.60. The van der Waals surface area contributed by atoms with Gasteiger partial charge >= 0.3 is 0 Å². The van der Waals surface area contributed by atoms with E-state index in [0.717, 1.165) is 51.6 Å². The molecular weight excluding hydrogens is 232 g/mol. The van der Waals surface area contributed by atoms with Crippen LogP contribution >= 0.6 is 12.2 Å². The molecule has 0 aromatic carbocycles. The third kappa shape index (κ3) is 2.97. The van der Waals surface area contributed by atoms with Crippen molar-refractivity contribution >= 4 is 23.1 Å². The van der Waals surface area contributed by atoms with Crippen molar-refractivity contribution in [1.82, 2.24) is 4.90 Å². The standard InChI is InChI=1S/C13H24N2OS/c1-3-5-10-15(4-2)12(16)13(11(14)17)8-6-7-9-13/h3-10H2,1-2H3,(H2,14,17). The van der Waals surface area contributed by atoms with Gasteiger partial charge in [0.25, 0.3) is 0 Å². The second-order valence-electron chi connectivity index (χ2n) is 4.89. The summed E-state index contributed by atoms with van der Waals surface area (Å²) in [6.45, 7) is 5.74. The Labute approximate surface area is 110 Å². The third-order valence-corrected chi connectivity index (χ3v) is 4.18. The summed E-state index contributed by atoms with van der Waals surface area (Å²) in [7, 11) is 0. The van der Waals surface area contributed by atoms with Gasteiger partial charge in [-0.15, -0.1) is 0 Å². The average Bonchev–Trinajstić information content (AvgIpc) is 2.80. The molecule has 0 unspecified atom stereocenters. The van der Waals surface area contributed by atoms with Crippen LogP contribution in [0.5, 0.6) is 0 Å². The molecule has 2 N–H and O–H groups in total. The molecule has 0 aliphatic heterocycles. The molecule has 1 saturated carbocycles. The molecule has 4 heteroatoms. The molecule has 0 aromatic rings. The minimum Gasteiger partial charge on any atom is -0.392 e. The van der Waals surface area contributed by atoms with Crippen LogP contribution in [0, 0.1) is 5.41 Å². The van der Waals surface area contributed by atoms with Crippen molar-refractivity contribution in [3.05, 3.63) is 0 Å². The van der Waals surface area contributed by atoms with Gasteiger partial charge in [0.1, 0.15) is 0 Å². The maximum atomic E-state index is 12.6. The molecule has 0 spiro atoms. The van der Waals surface area contributed by atoms with Crippen LogP contribution in [0.1, 0.15) is 52.4 Å². The Morgan fingerprint density at radius 1 is 1.35 bits per heavy atom. The number of nitrogens with zero attached hydrogens (tertiary/aromatic N) is 1. The number of unbranched alkanes of at least 4 members (excludes halogenated alkanes) is 1. The zero-order valence-electron chi connectivity index (χ0n) is 11.0. The topological polar surface area (TPSA) is 46.3 Å². The van der Waals surface area contributed by atoms with Gasteiger partial charge in [0.15, 0.2) is 0 Å². The van der Waals surface area contributed by atoms with Crippen molar-refractivity contribution in [2.75, 3.05) is 13.1 Å². The summed E-state index contributed by atoms with van der Waals surface area (Å²) in [5.74, 6) is 0.165. The number of hydrogen-bond donors (Lipinski definition) is 1. The Morgan fingerprint density at radius 3 is 2.35 bits per heavy atom. The van der Waals surface area contributed by atoms with E-state index in [1.165, 1.54) is 0 Å². The van der Waals surface area contributed by atoms with Crippen molar-refractivity contribution in [2.24, 2.45) is 11.1 Å². The van der Waals surface area contributed by atoms with Crippen LogP contribution < -0.4 is 5.73 Å². The average molecular weight is 256 g/mol. The van der Waals surface area contributed by atoms with E-state index in [2.05, 4.69) is 6.92 Å². The molecule has 1 amide bonds. The molecule has 1 fully saturated rings. The molecule has 98 valence electrons. The Morgan fingerprint density at radius 2 is 1.94 bits per heavy atom. The number of carbonyl (C=O) groups excluding carboxylic acids is 1. The first kappa shape index (κ1) is 14.4. The van der Waals surface area contributed by atoms with Gasteiger partial charge in [0.2, 0.25) is 5.91 Å². The summed E-state index contributed by atoms with van der Waals surface area (Å²) >= 11 is 5.15. The van der Waals surface area contributed by atoms with Crippen LogP contribution in [-0.2, 0) is 4.79 Å². The van der Waals surface area contributed by atoms with E-state index in [1.54, 1.807) is 0 Å². The van der Waals surface area contributed by atoms with Crippen molar-refractivity contribution < 1.29 is 4.79 Å². The van der Waals surface area contributed by atoms with Gasteiger partial charge in [-0.2, -0.15) is 0 Å². The normalized spacial score (nSPS) is 18.0. The maximum Gasteiger partial charge on any atom is 0.235 e. The Balaban J connectivity index is 2.79. The lowest BCUT2D eigenvalue weighted by molar-refractivity contribution is -0.138. The van der Waals surface area contributed by atoms with Gasteiger partial charge in [-0.3, -0.25) is 4.79 Å². The molecule has 0 radical (unpaired) electrons. The first-order valence-corrected chi connectivity index (χ1v) is 7.08. The van der Waals surface area contributed by atoms with E-state index in [0.29, 0.717) is 4.99 Å². The fraction of sp³-hybridized carbons (Fsp3) is 0.846. The van der Waals surface area contributed by atoms with E-state index in [9.17, 15) is 4.79 Å². The maximum absolute atomic E-state index is 12.6. The molecule has 0 saturated heterocycles. The van der Waals surface area contributed by atoms with E-state index in [4.69, 9.17) is 18.0 Å². The van der Waals surface area contributed by atoms with Crippen LogP contribution in [0.2, 0.25) is 0 Å². The molecule has 17 heavy (non-hydrogen) atoms. The van der Waals surface area contributed by atoms with Crippen molar-refractivity contribution in [3.63, 3.8) is 0 Å². The molecule has 1 aliphatic carbocycles. The van der Waals surface area contributed by atoms with Gasteiger partial charge in [0.05, 0.1) is 10.4 Å². The summed E-state index contributed by atoms with van der Waals surface area (Å²) in [5.41, 5.74) is 5.31. The number of thiocarbonyl (C=S) groups is 1. The highest BCUT2D eigenvalue weighted by Crippen LogP contribution is 2.40. The van der Waals surface area contributed by atoms with Crippen LogP contribution in [0.4, 0.5) is 0 Å². The Bertz CT molecular complexity index is 285. The monoisotopic (exact) mass is 256 g/mol. The zero-order valence-corrected chi connectivity index (χ0v) is 11.8. The predicted octanol–water partition coefficient (Wildman–Crippen LogP) is 2.48. The summed E-state index contributed by atoms with van der Waals surface area (Å²) in [5, 5.41) is 0. The molecule has 1 rings (SSSR count). The van der Waals surface area contributed by atoms with Crippen molar-refractivity contribution in [3.8, 4) is 0 Å². The predicted molar refractivity (Wildman–Crippen MR) is 74.8 cm³/mol. The molecular formula is C13H24N2OS. The summed E-state index contributed by atoms with van der Waals surface area (Å²) in [4.78, 5) is 14.9. The van der Waals surface area contributed by atoms with E-state index >= 15 is 0 Å². The van der Waals surface area contributed by atoms with Gasteiger partial charge in [-0.25, -0.2) is 0 Å². The van der Waals surface area contributed by atoms with Crippen LogP contribution in [0.15, 0.2) is 0 Å². The van der Waals surface area contributed by atoms with Gasteiger partial charge < -0.3 is 10.6 Å². The van der Waals surface area contributed by atoms with E-state index in [-0.39, 0.29) is 5.91 Å². The largest absolute Gasteiger partial charge is 0.392 e. The third-order valence-electron chi connectivity index (χ3n) is 3.79. The van der Waals surface area contributed by atoms with Crippen LogP contribution in [-0.4, -0.2) is 28.9 Å². The van der Waals surface area contributed by atoms with Crippen molar-refractivity contribution in [2.45, 2.75) is 52.4 Å². The first-order chi connectivity index (χ1) is 8.08. The highest BCUT2D eigenvalue weighted by atomic mass is 32.1. The second kappa shape index (κ2) is 6.34. The molecule has 0 heterocycles. The number of rotatable bonds is 6. The quantitative estimate of drug-likeness (QED) is 0.743. The zero-order chi connectivity index (χ0) is 12.9. The second-order valence-corrected chi connectivity index (χ2v) is 5.33. The van der Waals surface area contributed by atoms with Crippen molar-refractivity contribution in [1.29, 1.82) is 0 Å². The van der Waals surface area contributed by atoms with Gasteiger partial charge in [-0.05, 0) is 26.2 Å². The Kier molecular flexibility index (Phi) is 5.37. The fourth-order valence-corrected chi connectivity index (χ4v) is 2.89. The number of amides is 1. The molecule has 0 aromatic heterocycles. The molecule has 3 nitrogen and oxygen atoms in total. The van der Waals surface area contributed by atoms with E-state index in [1.807, 2.05) is 11.8 Å². The minimum atomic E-state index is -0.529. The van der Waals surface area contributed by atoms with Crippen LogP contribution in [0.25, 0.3) is 0 Å². The van der Waals surface area contributed by atoms with Crippen LogP contribution in [0.3, 0.4) is 0 Å². The highest BCUT2D eigenvalue weighted by Gasteiger charge is 2.45. The van der Waals surface area contributed by atoms with E-state index < -0.39 is 5.41 Å². The smallest absolute Gasteiger partial charge is 0.235 e. The lowest BCUT2D eigenvalue weighted by Gasteiger charge is -2.33. The summed E-state index contributed by atoms with van der Waals surface area (Å²) in [6.07, 6.45) is 5.95. The lowest BCUT2D eigenvalue weighted by Crippen LogP contribution is -2.49. The number of carbonyl (C=O) groups is 1. The molecule has 1 aliphatic rings.